The maximum atomic E-state index is 14.2. The fourth-order valence-corrected chi connectivity index (χ4v) is 14.5. The number of rotatable bonds is 64. The molecule has 47 nitrogen and oxygen atoms in total. The first-order valence-electron chi connectivity index (χ1n) is 42.6. The van der Waals surface area contributed by atoms with Gasteiger partial charge < -0.3 is 135 Å². The zero-order chi connectivity index (χ0) is 94.8. The molecule has 0 aliphatic carbocycles. The van der Waals surface area contributed by atoms with Crippen LogP contribution in [-0.4, -0.2) is 271 Å². The zero-order valence-electron chi connectivity index (χ0n) is 71.5. The van der Waals surface area contributed by atoms with Crippen LogP contribution in [0.15, 0.2) is 35.3 Å². The number of unbranched alkanes of at least 4 members (excludes halogenated alkanes) is 10. The van der Waals surface area contributed by atoms with Crippen molar-refractivity contribution in [1.29, 1.82) is 0 Å². The molecular formula is C76H132N18O29P4. The molecule has 2 rings (SSSR count). The van der Waals surface area contributed by atoms with Crippen molar-refractivity contribution >= 4 is 131 Å². The van der Waals surface area contributed by atoms with E-state index in [0.29, 0.717) is 82.9 Å². The van der Waals surface area contributed by atoms with Gasteiger partial charge in [-0.05, 0) is 134 Å². The van der Waals surface area contributed by atoms with Crippen molar-refractivity contribution < 1.29 is 139 Å². The number of benzene rings is 1. The highest BCUT2D eigenvalue weighted by atomic mass is 31.2. The summed E-state index contributed by atoms with van der Waals surface area (Å²) in [6.07, 6.45) is 0.607. The van der Waals surface area contributed by atoms with Crippen LogP contribution in [0, 0.1) is 0 Å². The number of nitrogens with one attached hydrogen (secondary N) is 15. The number of guanidine groups is 1. The lowest BCUT2D eigenvalue weighted by Gasteiger charge is -2.27. The lowest BCUT2D eigenvalue weighted by atomic mass is 10.0. The van der Waals surface area contributed by atoms with Crippen molar-refractivity contribution in [3.05, 3.63) is 35.9 Å². The topological polar surface area (TPSA) is 768 Å². The summed E-state index contributed by atoms with van der Waals surface area (Å²) in [7, 11) is -18.2. The van der Waals surface area contributed by atoms with Gasteiger partial charge in [0.25, 0.3) is 0 Å². The Balaban J connectivity index is 1.94. The first-order chi connectivity index (χ1) is 59.9. The second-order valence-electron chi connectivity index (χ2n) is 30.7. The van der Waals surface area contributed by atoms with Crippen molar-refractivity contribution in [3.63, 3.8) is 0 Å². The molecule has 1 fully saturated rings. The van der Waals surface area contributed by atoms with Crippen molar-refractivity contribution in [1.82, 2.24) is 79.8 Å². The molecule has 0 saturated carbocycles. The SMILES string of the molecule is NC(N)=NCCCC1NC(=O)[C@H](CCCCNC(=O)CCCCCNC(=O)CCCCCNC(=O)CCCCCNC(=O)[C@H](CCCCNC(=O)[C@H](CCCCNC(=O)CCP(=O)(O)O)NC(=O)CCP(=O)(O)O)NC(=O)[C@H](CCCCNC(=O)CCP(=O)(O)O)NC(=O)CCP(=O)(O)O)NC(=O)C(Cc2ccccc2)NC(=O)[C@H](CC(=O)O)NC(=O)CCNC1=O. The van der Waals surface area contributed by atoms with Gasteiger partial charge in [-0.15, -0.1) is 0 Å². The van der Waals surface area contributed by atoms with Crippen molar-refractivity contribution in [2.75, 3.05) is 83.6 Å². The molecular weight excluding hydrogens is 1750 g/mol. The van der Waals surface area contributed by atoms with Crippen molar-refractivity contribution in [3.8, 4) is 0 Å². The average Bonchev–Trinajstić information content (AvgIpc) is 0.851. The fraction of sp³-hybridized carbons (Fsp3) is 0.697. The third kappa shape index (κ3) is 60.9. The molecule has 720 valence electrons. The van der Waals surface area contributed by atoms with E-state index >= 15 is 0 Å². The number of carboxylic acids is 1. The largest absolute Gasteiger partial charge is 0.481 e. The first-order valence-corrected chi connectivity index (χ1v) is 49.8. The molecule has 0 bridgehead atoms. The summed E-state index contributed by atoms with van der Waals surface area (Å²) in [5.74, 6) is -11.6. The van der Waals surface area contributed by atoms with Gasteiger partial charge in [0.2, 0.25) is 88.6 Å². The van der Waals surface area contributed by atoms with Gasteiger partial charge in [0.05, 0.1) is 31.1 Å². The number of carboxylic acid groups (broad SMARTS) is 1. The van der Waals surface area contributed by atoms with Crippen LogP contribution in [0.25, 0.3) is 0 Å². The van der Waals surface area contributed by atoms with E-state index in [1.54, 1.807) is 30.3 Å². The molecule has 1 aromatic carbocycles. The molecule has 0 aromatic heterocycles. The van der Waals surface area contributed by atoms with E-state index in [2.05, 4.69) is 84.7 Å². The second-order valence-corrected chi connectivity index (χ2v) is 37.8. The summed E-state index contributed by atoms with van der Waals surface area (Å²) in [4.78, 5) is 287. The highest BCUT2D eigenvalue weighted by Gasteiger charge is 2.35. The van der Waals surface area contributed by atoms with Gasteiger partial charge in [-0.1, -0.05) is 49.6 Å². The maximum Gasteiger partial charge on any atom is 0.326 e. The van der Waals surface area contributed by atoms with E-state index in [0.717, 1.165) is 0 Å². The smallest absolute Gasteiger partial charge is 0.326 e. The van der Waals surface area contributed by atoms with Crippen LogP contribution in [-0.2, 0) is 101 Å². The third-order valence-electron chi connectivity index (χ3n) is 19.4. The highest BCUT2D eigenvalue weighted by Crippen LogP contribution is 2.37. The predicted octanol–water partition coefficient (Wildman–Crippen LogP) is -2.88. The van der Waals surface area contributed by atoms with Crippen LogP contribution < -0.4 is 91.2 Å². The average molecular weight is 1890 g/mol. The van der Waals surface area contributed by atoms with Crippen LogP contribution in [0.4, 0.5) is 0 Å². The van der Waals surface area contributed by atoms with Crippen LogP contribution in [0.2, 0.25) is 0 Å². The Bertz CT molecular complexity index is 3920. The number of aliphatic carboxylic acids is 1. The van der Waals surface area contributed by atoms with Crippen molar-refractivity contribution in [2.45, 2.75) is 254 Å². The quantitative estimate of drug-likeness (QED) is 0.0135. The Morgan fingerprint density at radius 1 is 0.378 bits per heavy atom. The molecule has 1 saturated heterocycles. The number of carbonyl (C=O) groups is 16. The van der Waals surface area contributed by atoms with E-state index in [4.69, 9.17) is 31.0 Å². The van der Waals surface area contributed by atoms with Gasteiger partial charge in [0.15, 0.2) is 5.96 Å². The van der Waals surface area contributed by atoms with Gasteiger partial charge >= 0.3 is 36.4 Å². The molecule has 1 aromatic rings. The van der Waals surface area contributed by atoms with E-state index in [-0.39, 0.29) is 185 Å². The first kappa shape index (κ1) is 114. The van der Waals surface area contributed by atoms with Crippen molar-refractivity contribution in [2.24, 2.45) is 16.5 Å². The molecule has 0 spiro atoms. The van der Waals surface area contributed by atoms with Gasteiger partial charge in [0, 0.05) is 117 Å². The van der Waals surface area contributed by atoms with E-state index < -0.39 is 206 Å². The zero-order valence-corrected chi connectivity index (χ0v) is 75.1. The minimum Gasteiger partial charge on any atom is -0.481 e. The Kier molecular flexibility index (Phi) is 56.9. The number of hydrogen-bond donors (Lipinski definition) is 26. The van der Waals surface area contributed by atoms with Gasteiger partial charge in [0.1, 0.15) is 42.3 Å². The number of carbonyl (C=O) groups excluding carboxylic acids is 15. The monoisotopic (exact) mass is 1880 g/mol. The molecule has 1 aliphatic heterocycles. The summed E-state index contributed by atoms with van der Waals surface area (Å²) in [5.41, 5.74) is 11.5. The number of nitrogens with two attached hydrogens (primary N) is 2. The number of aliphatic imine (C=N–C) groups is 1. The molecule has 127 heavy (non-hydrogen) atoms. The minimum atomic E-state index is -4.67. The maximum absolute atomic E-state index is 14.2. The Labute approximate surface area is 736 Å². The standard InChI is InChI=1S/C76H132N18O29P4/c77-76(78)87-44-21-28-55-71(107)86-45-32-65(100)90-59(51-68(103)104)75(111)94-58(50-52-22-5-1-6-23-52)74(110)93-57(73(109)92-55)27-12-19-39-81-62(97)30-8-3-15-37-79-60(95)29-7-2-14-38-80-61(96)31-9-4-16-42-84-70(106)54(91-72(108)56(89-67(102)36-49-127(121,122)123)26-11-18-41-83-64(99)34-47-125(115,116)117)25-13-20-43-85-69(105)53(88-66(101)35-48-126(118,119)120)24-10-17-40-82-63(98)33-46-124(112,113)114/h1,5-6,22-23,53-59H,2-4,7-21,24-51H2,(H,79,95)(H,80,96)(H,81,97)(H,82,98)(H,83,99)(H,84,106)(H,85,105)(H,86,107)(H,88,101)(H,89,102)(H,90,100)(H,91,108)(H,92,109)(H,93,110)(H,94,111)(H,103,104)(H4,77,78,87)(H2,112,113,114)(H2,115,116,117)(H2,118,119,120)(H2,121,122,123)/t53-,54-,55?,56-,57-,58?,59-/m0/s1. The Morgan fingerprint density at radius 3 is 1.13 bits per heavy atom. The second kappa shape index (κ2) is 63.5. The summed E-state index contributed by atoms with van der Waals surface area (Å²) < 4.78 is 45.5. The van der Waals surface area contributed by atoms with Crippen LogP contribution in [0.3, 0.4) is 0 Å². The number of nitrogens with zero attached hydrogens (tertiary/aromatic N) is 1. The van der Waals surface area contributed by atoms with Crippen LogP contribution >= 0.6 is 30.4 Å². The fourth-order valence-electron chi connectivity index (χ4n) is 12.5. The van der Waals surface area contributed by atoms with Crippen LogP contribution in [0.1, 0.15) is 211 Å². The number of hydrogen-bond acceptors (Lipinski definition) is 21. The molecule has 0 radical (unpaired) electrons. The van der Waals surface area contributed by atoms with Gasteiger partial charge in [-0.2, -0.15) is 0 Å². The molecule has 28 N–H and O–H groups in total. The van der Waals surface area contributed by atoms with Crippen LogP contribution in [0.5, 0.6) is 0 Å². The molecule has 2 unspecified atom stereocenters. The van der Waals surface area contributed by atoms with E-state index in [1.807, 2.05) is 0 Å². The minimum absolute atomic E-state index is 0.00463. The summed E-state index contributed by atoms with van der Waals surface area (Å²) >= 11 is 0. The molecule has 1 aliphatic rings. The highest BCUT2D eigenvalue weighted by molar-refractivity contribution is 7.52. The molecule has 7 atom stereocenters. The number of amides is 15. The summed E-state index contributed by atoms with van der Waals surface area (Å²) in [6, 6.07) is -0.826. The Morgan fingerprint density at radius 2 is 0.717 bits per heavy atom. The van der Waals surface area contributed by atoms with Gasteiger partial charge in [-0.3, -0.25) is 100.0 Å². The summed E-state index contributed by atoms with van der Waals surface area (Å²) in [6.45, 7) is 0.848. The molecule has 51 heteroatoms. The lowest BCUT2D eigenvalue weighted by Crippen LogP contribution is -2.59. The van der Waals surface area contributed by atoms with Gasteiger partial charge in [-0.25, -0.2) is 0 Å². The van der Waals surface area contributed by atoms with E-state index in [9.17, 15) is 120 Å². The summed E-state index contributed by atoms with van der Waals surface area (Å²) in [5, 5.41) is 48.9. The molecule has 15 amide bonds. The normalized spacial score (nSPS) is 16.2. The lowest BCUT2D eigenvalue weighted by molar-refractivity contribution is -0.141. The third-order valence-corrected chi connectivity index (χ3v) is 22.6. The predicted molar refractivity (Wildman–Crippen MR) is 461 cm³/mol. The molecule has 1 heterocycles. The Hall–Kier alpha value is -9.39. The van der Waals surface area contributed by atoms with E-state index in [1.165, 1.54) is 0 Å².